The molecular formula is C15H18N4O2. The van der Waals surface area contributed by atoms with Crippen LogP contribution in [0.3, 0.4) is 0 Å². The van der Waals surface area contributed by atoms with Crippen molar-refractivity contribution in [3.05, 3.63) is 36.2 Å². The van der Waals surface area contributed by atoms with Gasteiger partial charge < -0.3 is 10.1 Å². The topological polar surface area (TPSA) is 79.9 Å². The predicted molar refractivity (Wildman–Crippen MR) is 77.5 cm³/mol. The van der Waals surface area contributed by atoms with E-state index >= 15 is 0 Å². The molecule has 2 N–H and O–H groups in total. The number of amides is 1. The van der Waals surface area contributed by atoms with Crippen molar-refractivity contribution in [3.8, 4) is 11.4 Å². The van der Waals surface area contributed by atoms with Gasteiger partial charge in [-0.3, -0.25) is 9.89 Å². The summed E-state index contributed by atoms with van der Waals surface area (Å²) in [4.78, 5) is 16.3. The summed E-state index contributed by atoms with van der Waals surface area (Å²) in [5.74, 6) is 1.52. The Morgan fingerprint density at radius 3 is 3.00 bits per heavy atom. The monoisotopic (exact) mass is 286 g/mol. The van der Waals surface area contributed by atoms with E-state index in [1.807, 2.05) is 30.3 Å². The molecule has 1 atom stereocenters. The Kier molecular flexibility index (Phi) is 4.25. The van der Waals surface area contributed by atoms with Gasteiger partial charge in [-0.1, -0.05) is 30.3 Å². The Bertz CT molecular complexity index is 591. The predicted octanol–water partition coefficient (Wildman–Crippen LogP) is 1.17. The van der Waals surface area contributed by atoms with Crippen LogP contribution in [0, 0.1) is 5.92 Å². The van der Waals surface area contributed by atoms with E-state index in [9.17, 15) is 4.79 Å². The zero-order chi connectivity index (χ0) is 14.5. The molecule has 1 aromatic heterocycles. The van der Waals surface area contributed by atoms with Gasteiger partial charge in [0.1, 0.15) is 5.82 Å². The molecule has 2 heterocycles. The number of aromatic nitrogens is 3. The van der Waals surface area contributed by atoms with Crippen molar-refractivity contribution in [3.63, 3.8) is 0 Å². The molecule has 1 aliphatic rings. The summed E-state index contributed by atoms with van der Waals surface area (Å²) in [6.07, 6.45) is 1.45. The highest BCUT2D eigenvalue weighted by atomic mass is 16.5. The fraction of sp³-hybridized carbons (Fsp3) is 0.400. The fourth-order valence-corrected chi connectivity index (χ4v) is 2.31. The van der Waals surface area contributed by atoms with Gasteiger partial charge in [-0.2, -0.15) is 5.10 Å². The Morgan fingerprint density at radius 2 is 2.24 bits per heavy atom. The molecule has 6 nitrogen and oxygen atoms in total. The van der Waals surface area contributed by atoms with Gasteiger partial charge in [-0.15, -0.1) is 0 Å². The third-order valence-electron chi connectivity index (χ3n) is 3.53. The number of rotatable bonds is 5. The zero-order valence-electron chi connectivity index (χ0n) is 11.7. The summed E-state index contributed by atoms with van der Waals surface area (Å²) in [7, 11) is 0. The molecular weight excluding hydrogens is 268 g/mol. The number of benzene rings is 1. The molecule has 1 fully saturated rings. The van der Waals surface area contributed by atoms with E-state index < -0.39 is 0 Å². The first-order valence-corrected chi connectivity index (χ1v) is 7.15. The van der Waals surface area contributed by atoms with Crippen molar-refractivity contribution < 1.29 is 9.53 Å². The second kappa shape index (κ2) is 6.49. The van der Waals surface area contributed by atoms with Crippen molar-refractivity contribution in [2.75, 3.05) is 19.8 Å². The van der Waals surface area contributed by atoms with Gasteiger partial charge in [-0.25, -0.2) is 4.98 Å². The fourth-order valence-electron chi connectivity index (χ4n) is 2.31. The van der Waals surface area contributed by atoms with Gasteiger partial charge in [0.2, 0.25) is 5.91 Å². The highest BCUT2D eigenvalue weighted by Gasteiger charge is 2.22. The number of aromatic amines is 1. The van der Waals surface area contributed by atoms with Crippen LogP contribution in [0.1, 0.15) is 12.2 Å². The van der Waals surface area contributed by atoms with E-state index in [0.717, 1.165) is 17.8 Å². The first-order chi connectivity index (χ1) is 10.3. The van der Waals surface area contributed by atoms with Crippen LogP contribution in [-0.4, -0.2) is 40.8 Å². The highest BCUT2D eigenvalue weighted by Crippen LogP contribution is 2.14. The van der Waals surface area contributed by atoms with Gasteiger partial charge in [0.15, 0.2) is 5.82 Å². The lowest BCUT2D eigenvalue weighted by Gasteiger charge is -2.07. The summed E-state index contributed by atoms with van der Waals surface area (Å²) in [6, 6.07) is 9.80. The quantitative estimate of drug-likeness (QED) is 0.864. The van der Waals surface area contributed by atoms with Crippen LogP contribution in [0.15, 0.2) is 30.3 Å². The number of carbonyl (C=O) groups excluding carboxylic acids is 1. The average Bonchev–Trinajstić information content (AvgIpc) is 3.20. The smallest absolute Gasteiger partial charge is 0.225 e. The van der Waals surface area contributed by atoms with Crippen molar-refractivity contribution in [2.24, 2.45) is 5.92 Å². The SMILES string of the molecule is O=C(NCCc1nc(-c2ccccc2)n[nH]1)[C@@H]1CCOC1. The molecule has 2 aromatic rings. The normalized spacial score (nSPS) is 17.8. The lowest BCUT2D eigenvalue weighted by atomic mass is 10.1. The molecule has 21 heavy (non-hydrogen) atoms. The van der Waals surface area contributed by atoms with Gasteiger partial charge >= 0.3 is 0 Å². The molecule has 1 saturated heterocycles. The van der Waals surface area contributed by atoms with Crippen LogP contribution < -0.4 is 5.32 Å². The van der Waals surface area contributed by atoms with Gasteiger partial charge in [0.05, 0.1) is 12.5 Å². The molecule has 1 aliphatic heterocycles. The van der Waals surface area contributed by atoms with Crippen LogP contribution >= 0.6 is 0 Å². The third-order valence-corrected chi connectivity index (χ3v) is 3.53. The summed E-state index contributed by atoms with van der Waals surface area (Å²) in [6.45, 7) is 1.77. The Labute approximate surface area is 122 Å². The van der Waals surface area contributed by atoms with E-state index in [-0.39, 0.29) is 11.8 Å². The van der Waals surface area contributed by atoms with Gasteiger partial charge in [0.25, 0.3) is 0 Å². The molecule has 0 saturated carbocycles. The maximum absolute atomic E-state index is 11.8. The third kappa shape index (κ3) is 3.46. The van der Waals surface area contributed by atoms with E-state index in [1.165, 1.54) is 0 Å². The van der Waals surface area contributed by atoms with Crippen LogP contribution in [0.4, 0.5) is 0 Å². The molecule has 110 valence electrons. The number of carbonyl (C=O) groups is 1. The first-order valence-electron chi connectivity index (χ1n) is 7.15. The zero-order valence-corrected chi connectivity index (χ0v) is 11.7. The number of nitrogens with zero attached hydrogens (tertiary/aromatic N) is 2. The van der Waals surface area contributed by atoms with Gasteiger partial charge in [0, 0.05) is 25.1 Å². The van der Waals surface area contributed by atoms with Crippen LogP contribution in [0.5, 0.6) is 0 Å². The standard InChI is InChI=1S/C15H18N4O2/c20-15(12-7-9-21-10-12)16-8-6-13-17-14(19-18-13)11-4-2-1-3-5-11/h1-5,12H,6-10H2,(H,16,20)(H,17,18,19)/t12-/m1/s1. The summed E-state index contributed by atoms with van der Waals surface area (Å²) < 4.78 is 5.21. The molecule has 0 bridgehead atoms. The molecule has 6 heteroatoms. The van der Waals surface area contributed by atoms with Crippen LogP contribution in [-0.2, 0) is 16.0 Å². The molecule has 0 spiro atoms. The number of hydrogen-bond donors (Lipinski definition) is 2. The molecule has 3 rings (SSSR count). The van der Waals surface area contributed by atoms with Crippen LogP contribution in [0.2, 0.25) is 0 Å². The average molecular weight is 286 g/mol. The van der Waals surface area contributed by atoms with Crippen molar-refractivity contribution in [1.82, 2.24) is 20.5 Å². The first kappa shape index (κ1) is 13.8. The highest BCUT2D eigenvalue weighted by molar-refractivity contribution is 5.78. The molecule has 0 aliphatic carbocycles. The van der Waals surface area contributed by atoms with E-state index in [0.29, 0.717) is 32.0 Å². The maximum atomic E-state index is 11.8. The maximum Gasteiger partial charge on any atom is 0.225 e. The number of H-pyrrole nitrogens is 1. The Morgan fingerprint density at radius 1 is 1.38 bits per heavy atom. The Hall–Kier alpha value is -2.21. The van der Waals surface area contributed by atoms with Gasteiger partial charge in [-0.05, 0) is 6.42 Å². The Balaban J connectivity index is 1.50. The molecule has 1 amide bonds. The van der Waals surface area contributed by atoms with Crippen molar-refractivity contribution >= 4 is 5.91 Å². The molecule has 0 unspecified atom stereocenters. The largest absolute Gasteiger partial charge is 0.381 e. The molecule has 1 aromatic carbocycles. The molecule has 0 radical (unpaired) electrons. The minimum absolute atomic E-state index is 0.000365. The number of hydrogen-bond acceptors (Lipinski definition) is 4. The lowest BCUT2D eigenvalue weighted by molar-refractivity contribution is -0.124. The van der Waals surface area contributed by atoms with E-state index in [1.54, 1.807) is 0 Å². The van der Waals surface area contributed by atoms with E-state index in [4.69, 9.17) is 4.74 Å². The van der Waals surface area contributed by atoms with E-state index in [2.05, 4.69) is 20.5 Å². The van der Waals surface area contributed by atoms with Crippen molar-refractivity contribution in [1.29, 1.82) is 0 Å². The minimum Gasteiger partial charge on any atom is -0.381 e. The van der Waals surface area contributed by atoms with Crippen molar-refractivity contribution in [2.45, 2.75) is 12.8 Å². The lowest BCUT2D eigenvalue weighted by Crippen LogP contribution is -2.32. The summed E-state index contributed by atoms with van der Waals surface area (Å²) >= 11 is 0. The summed E-state index contributed by atoms with van der Waals surface area (Å²) in [5.41, 5.74) is 0.979. The minimum atomic E-state index is -0.000365. The second-order valence-electron chi connectivity index (χ2n) is 5.07. The number of ether oxygens (including phenoxy) is 1. The summed E-state index contributed by atoms with van der Waals surface area (Å²) in [5, 5.41) is 10.0. The number of nitrogens with one attached hydrogen (secondary N) is 2. The van der Waals surface area contributed by atoms with Crippen LogP contribution in [0.25, 0.3) is 11.4 Å². The second-order valence-corrected chi connectivity index (χ2v) is 5.07.